The van der Waals surface area contributed by atoms with Crippen LogP contribution in [-0.4, -0.2) is 20.9 Å². The molecular weight excluding hydrogens is 322 g/mol. The number of aliphatic imine (C=N–C) groups is 1. The van der Waals surface area contributed by atoms with Gasteiger partial charge in [-0.15, -0.1) is 0 Å². The third-order valence-corrected chi connectivity index (χ3v) is 4.49. The molecular formula is C18H16ClN5. The zero-order chi connectivity index (χ0) is 16.7. The number of pyridine rings is 1. The number of nitrogens with zero attached hydrogens (tertiary/aromatic N) is 3. The van der Waals surface area contributed by atoms with Gasteiger partial charge in [0.25, 0.3) is 0 Å². The first-order valence-electron chi connectivity index (χ1n) is 7.81. The molecule has 6 heteroatoms. The molecule has 0 radical (unpaired) electrons. The van der Waals surface area contributed by atoms with Crippen LogP contribution in [0.1, 0.15) is 29.3 Å². The van der Waals surface area contributed by atoms with Gasteiger partial charge in [0, 0.05) is 29.2 Å². The van der Waals surface area contributed by atoms with Crippen LogP contribution in [0.2, 0.25) is 5.02 Å². The van der Waals surface area contributed by atoms with Crippen molar-refractivity contribution >= 4 is 34.5 Å². The smallest absolute Gasteiger partial charge is 0.178 e. The second-order valence-corrected chi connectivity index (χ2v) is 6.13. The highest BCUT2D eigenvalue weighted by atomic mass is 35.5. The maximum Gasteiger partial charge on any atom is 0.178 e. The molecule has 2 N–H and O–H groups in total. The van der Waals surface area contributed by atoms with E-state index in [1.807, 2.05) is 6.92 Å². The molecule has 0 aliphatic carbocycles. The van der Waals surface area contributed by atoms with E-state index < -0.39 is 0 Å². The van der Waals surface area contributed by atoms with Gasteiger partial charge in [0.2, 0.25) is 0 Å². The number of aryl methyl sites for hydroxylation is 2. The number of anilines is 2. The number of aromatic nitrogens is 3. The van der Waals surface area contributed by atoms with E-state index in [9.17, 15) is 0 Å². The number of nitrogens with one attached hydrogen (secondary N) is 2. The van der Waals surface area contributed by atoms with Crippen molar-refractivity contribution in [3.05, 3.63) is 64.1 Å². The summed E-state index contributed by atoms with van der Waals surface area (Å²) >= 11 is 6.41. The Bertz CT molecular complexity index is 958. The lowest BCUT2D eigenvalue weighted by molar-refractivity contribution is 1.05. The number of H-pyrrole nitrogens is 1. The van der Waals surface area contributed by atoms with E-state index in [1.165, 1.54) is 5.56 Å². The monoisotopic (exact) mass is 337 g/mol. The van der Waals surface area contributed by atoms with Crippen molar-refractivity contribution in [2.75, 3.05) is 5.32 Å². The van der Waals surface area contributed by atoms with E-state index in [-0.39, 0.29) is 0 Å². The largest absolute Gasteiger partial charge is 0.336 e. The summed E-state index contributed by atoms with van der Waals surface area (Å²) in [5.74, 6) is 0.719. The van der Waals surface area contributed by atoms with E-state index in [4.69, 9.17) is 16.6 Å². The summed E-state index contributed by atoms with van der Waals surface area (Å²) < 4.78 is 0. The first-order chi connectivity index (χ1) is 11.7. The first kappa shape index (κ1) is 14.9. The van der Waals surface area contributed by atoms with Crippen LogP contribution in [0.3, 0.4) is 0 Å². The molecule has 1 aromatic carbocycles. The quantitative estimate of drug-likeness (QED) is 0.563. The van der Waals surface area contributed by atoms with Crippen LogP contribution in [0, 0.1) is 6.92 Å². The Morgan fingerprint density at radius 2 is 2.04 bits per heavy atom. The molecule has 0 atom stereocenters. The second kappa shape index (κ2) is 5.76. The fourth-order valence-electron chi connectivity index (χ4n) is 2.83. The maximum absolute atomic E-state index is 6.41. The van der Waals surface area contributed by atoms with E-state index in [2.05, 4.69) is 45.6 Å². The van der Waals surface area contributed by atoms with Crippen LogP contribution < -0.4 is 5.32 Å². The molecule has 3 heterocycles. The highest BCUT2D eigenvalue weighted by Crippen LogP contribution is 2.37. The standard InChI is InChI=1S/C18H16ClN5/c1-3-11-4-5-12-15(8-11)21-18-16(10(2)23-24-18)22-17(12)13-9-20-7-6-14(13)19/h4-9H,3H2,1-2H3,(H2,21,23,24). The normalized spacial score (nSPS) is 12.7. The Hall–Kier alpha value is -2.66. The summed E-state index contributed by atoms with van der Waals surface area (Å²) in [5.41, 5.74) is 6.49. The Morgan fingerprint density at radius 1 is 1.17 bits per heavy atom. The van der Waals surface area contributed by atoms with E-state index >= 15 is 0 Å². The van der Waals surface area contributed by atoms with Gasteiger partial charge in [-0.2, -0.15) is 5.10 Å². The number of halogens is 1. The lowest BCUT2D eigenvalue weighted by atomic mass is 9.99. The van der Waals surface area contributed by atoms with Crippen LogP contribution in [0.5, 0.6) is 0 Å². The number of fused-ring (bicyclic) bond motifs is 2. The van der Waals surface area contributed by atoms with Gasteiger partial charge in [-0.3, -0.25) is 10.1 Å². The van der Waals surface area contributed by atoms with Crippen molar-refractivity contribution in [3.8, 4) is 0 Å². The van der Waals surface area contributed by atoms with Crippen molar-refractivity contribution in [3.63, 3.8) is 0 Å². The Morgan fingerprint density at radius 3 is 2.83 bits per heavy atom. The zero-order valence-corrected chi connectivity index (χ0v) is 14.1. The number of hydrogen-bond donors (Lipinski definition) is 2. The predicted octanol–water partition coefficient (Wildman–Crippen LogP) is 4.56. The van der Waals surface area contributed by atoms with Crippen molar-refractivity contribution in [2.24, 2.45) is 4.99 Å². The summed E-state index contributed by atoms with van der Waals surface area (Å²) in [6, 6.07) is 8.10. The minimum atomic E-state index is 0.624. The molecule has 0 saturated heterocycles. The molecule has 3 aromatic rings. The topological polar surface area (TPSA) is 66.0 Å². The van der Waals surface area contributed by atoms with Crippen molar-refractivity contribution in [1.82, 2.24) is 15.2 Å². The van der Waals surface area contributed by atoms with Gasteiger partial charge in [-0.05, 0) is 31.0 Å². The fourth-order valence-corrected chi connectivity index (χ4v) is 3.02. The maximum atomic E-state index is 6.41. The Labute approximate surface area is 144 Å². The summed E-state index contributed by atoms with van der Waals surface area (Å²) in [6.07, 6.45) is 4.39. The molecule has 0 saturated carbocycles. The van der Waals surface area contributed by atoms with Crippen molar-refractivity contribution < 1.29 is 0 Å². The predicted molar refractivity (Wildman–Crippen MR) is 97.0 cm³/mol. The molecule has 5 nitrogen and oxygen atoms in total. The van der Waals surface area contributed by atoms with Crippen molar-refractivity contribution in [2.45, 2.75) is 20.3 Å². The average molecular weight is 338 g/mol. The minimum absolute atomic E-state index is 0.624. The molecule has 1 aliphatic heterocycles. The molecule has 120 valence electrons. The lowest BCUT2D eigenvalue weighted by Crippen LogP contribution is -2.07. The highest BCUT2D eigenvalue weighted by Gasteiger charge is 2.22. The van der Waals surface area contributed by atoms with Gasteiger partial charge in [-0.25, -0.2) is 4.99 Å². The van der Waals surface area contributed by atoms with Gasteiger partial charge in [0.1, 0.15) is 5.69 Å². The van der Waals surface area contributed by atoms with E-state index in [0.717, 1.165) is 46.1 Å². The van der Waals surface area contributed by atoms with E-state index in [0.29, 0.717) is 5.02 Å². The summed E-state index contributed by atoms with van der Waals surface area (Å²) in [4.78, 5) is 9.08. The first-order valence-corrected chi connectivity index (χ1v) is 8.19. The van der Waals surface area contributed by atoms with E-state index in [1.54, 1.807) is 18.5 Å². The summed E-state index contributed by atoms with van der Waals surface area (Å²) in [5, 5.41) is 11.3. The van der Waals surface area contributed by atoms with Crippen molar-refractivity contribution in [1.29, 1.82) is 0 Å². The molecule has 0 fully saturated rings. The van der Waals surface area contributed by atoms with Gasteiger partial charge in [0.15, 0.2) is 5.82 Å². The Kier molecular flexibility index (Phi) is 3.58. The Balaban J connectivity index is 2.01. The van der Waals surface area contributed by atoms with Gasteiger partial charge < -0.3 is 5.32 Å². The number of aromatic amines is 1. The molecule has 0 unspecified atom stereocenters. The lowest BCUT2D eigenvalue weighted by Gasteiger charge is -2.12. The molecule has 1 aliphatic rings. The van der Waals surface area contributed by atoms with Crippen LogP contribution in [0.4, 0.5) is 17.2 Å². The molecule has 0 amide bonds. The molecule has 24 heavy (non-hydrogen) atoms. The molecule has 0 spiro atoms. The minimum Gasteiger partial charge on any atom is -0.336 e. The van der Waals surface area contributed by atoms with Crippen LogP contribution in [-0.2, 0) is 6.42 Å². The van der Waals surface area contributed by atoms with Crippen LogP contribution in [0.25, 0.3) is 0 Å². The van der Waals surface area contributed by atoms with Gasteiger partial charge >= 0.3 is 0 Å². The van der Waals surface area contributed by atoms with Crippen LogP contribution in [0.15, 0.2) is 41.7 Å². The summed E-state index contributed by atoms with van der Waals surface area (Å²) in [6.45, 7) is 4.09. The average Bonchev–Trinajstić information content (AvgIpc) is 2.85. The highest BCUT2D eigenvalue weighted by molar-refractivity contribution is 6.36. The summed E-state index contributed by atoms with van der Waals surface area (Å²) in [7, 11) is 0. The fraction of sp³-hybridized carbons (Fsp3) is 0.167. The molecule has 0 bridgehead atoms. The van der Waals surface area contributed by atoms with Crippen LogP contribution >= 0.6 is 11.6 Å². The van der Waals surface area contributed by atoms with Gasteiger partial charge in [0.05, 0.1) is 16.4 Å². The third-order valence-electron chi connectivity index (χ3n) is 4.16. The zero-order valence-electron chi connectivity index (χ0n) is 13.4. The third kappa shape index (κ3) is 2.37. The molecule has 4 rings (SSSR count). The van der Waals surface area contributed by atoms with Gasteiger partial charge in [-0.1, -0.05) is 30.7 Å². The SMILES string of the molecule is CCc1ccc2c(c1)Nc1n[nH]c(C)c1N=C2c1cnccc1Cl. The number of rotatable bonds is 2. The number of benzene rings is 1. The number of hydrogen-bond acceptors (Lipinski definition) is 4. The second-order valence-electron chi connectivity index (χ2n) is 5.72. The molecule has 2 aromatic heterocycles.